The Morgan fingerprint density at radius 3 is 3.00 bits per heavy atom. The topological polar surface area (TPSA) is 59.1 Å². The highest BCUT2D eigenvalue weighted by molar-refractivity contribution is 7.84. The summed E-state index contributed by atoms with van der Waals surface area (Å²) in [5.74, 6) is 0.134. The van der Waals surface area contributed by atoms with E-state index in [1.54, 1.807) is 12.3 Å². The van der Waals surface area contributed by atoms with Gasteiger partial charge >= 0.3 is 0 Å². The van der Waals surface area contributed by atoms with E-state index in [9.17, 15) is 9.00 Å². The van der Waals surface area contributed by atoms with Crippen molar-refractivity contribution in [2.75, 3.05) is 18.6 Å². The summed E-state index contributed by atoms with van der Waals surface area (Å²) < 4.78 is 10.7. The van der Waals surface area contributed by atoms with E-state index < -0.39 is 10.8 Å². The van der Waals surface area contributed by atoms with Gasteiger partial charge in [-0.05, 0) is 12.1 Å². The van der Waals surface area contributed by atoms with E-state index in [1.807, 2.05) is 0 Å². The summed E-state index contributed by atoms with van der Waals surface area (Å²) in [7, 11) is -0.904. The molecule has 1 atom stereocenters. The molecule has 1 aromatic heterocycles. The van der Waals surface area contributed by atoms with Crippen LogP contribution in [0.4, 0.5) is 0 Å². The van der Waals surface area contributed by atoms with Crippen molar-refractivity contribution in [3.8, 4) is 0 Å². The minimum absolute atomic E-state index is 0.268. The zero-order valence-electron chi connectivity index (χ0n) is 8.20. The fourth-order valence-electron chi connectivity index (χ4n) is 0.928. The number of pyridine rings is 1. The van der Waals surface area contributed by atoms with Crippen LogP contribution < -0.4 is 5.32 Å². The molecule has 82 valence electrons. The number of amides is 1. The first-order chi connectivity index (χ1) is 7.09. The molecule has 1 amide bonds. The molecule has 0 aromatic carbocycles. The van der Waals surface area contributed by atoms with Gasteiger partial charge in [-0.3, -0.25) is 14.0 Å². The summed E-state index contributed by atoms with van der Waals surface area (Å²) in [6.07, 6.45) is 3.05. The maximum atomic E-state index is 11.4. The van der Waals surface area contributed by atoms with Gasteiger partial charge in [-0.15, -0.1) is 0 Å². The van der Waals surface area contributed by atoms with E-state index >= 15 is 0 Å². The lowest BCUT2D eigenvalue weighted by molar-refractivity contribution is 0.0951. The molecule has 1 heterocycles. The molecule has 0 spiro atoms. The first-order valence-electron chi connectivity index (χ1n) is 4.29. The Balaban J connectivity index is 2.50. The summed E-state index contributed by atoms with van der Waals surface area (Å²) in [5.41, 5.74) is 0.268. The fourth-order valence-corrected chi connectivity index (χ4v) is 1.48. The predicted octanol–water partition coefficient (Wildman–Crippen LogP) is 0.843. The average Bonchev–Trinajstić information content (AvgIpc) is 2.17. The Bertz CT molecular complexity index is 384. The molecule has 0 fully saturated rings. The summed E-state index contributed by atoms with van der Waals surface area (Å²) in [4.78, 5) is 15.3. The van der Waals surface area contributed by atoms with Crippen LogP contribution in [0.5, 0.6) is 0 Å². The van der Waals surface area contributed by atoms with E-state index in [4.69, 9.17) is 11.6 Å². The number of carbonyl (C=O) groups excluding carboxylic acids is 1. The lowest BCUT2D eigenvalue weighted by atomic mass is 10.3. The molecule has 1 unspecified atom stereocenters. The van der Waals surface area contributed by atoms with E-state index in [2.05, 4.69) is 10.3 Å². The van der Waals surface area contributed by atoms with Crippen molar-refractivity contribution in [2.24, 2.45) is 0 Å². The van der Waals surface area contributed by atoms with Gasteiger partial charge in [0.2, 0.25) is 0 Å². The summed E-state index contributed by atoms with van der Waals surface area (Å²) in [6.45, 7) is 0.371. The van der Waals surface area contributed by atoms with Crippen LogP contribution in [0, 0.1) is 0 Å². The van der Waals surface area contributed by atoms with E-state index in [0.29, 0.717) is 17.3 Å². The van der Waals surface area contributed by atoms with Crippen LogP contribution in [-0.4, -0.2) is 33.7 Å². The zero-order chi connectivity index (χ0) is 11.3. The van der Waals surface area contributed by atoms with Crippen molar-refractivity contribution in [3.63, 3.8) is 0 Å². The van der Waals surface area contributed by atoms with Crippen LogP contribution in [0.3, 0.4) is 0 Å². The number of aromatic nitrogens is 1. The van der Waals surface area contributed by atoms with Gasteiger partial charge in [0.05, 0.1) is 0 Å². The van der Waals surface area contributed by atoms with Crippen LogP contribution in [0.15, 0.2) is 18.3 Å². The monoisotopic (exact) mass is 246 g/mol. The van der Waals surface area contributed by atoms with Gasteiger partial charge in [0.1, 0.15) is 5.69 Å². The molecule has 0 saturated carbocycles. The highest BCUT2D eigenvalue weighted by atomic mass is 35.5. The molecule has 15 heavy (non-hydrogen) atoms. The highest BCUT2D eigenvalue weighted by Crippen LogP contribution is 2.07. The second-order valence-corrected chi connectivity index (χ2v) is 4.88. The van der Waals surface area contributed by atoms with Gasteiger partial charge < -0.3 is 5.32 Å². The van der Waals surface area contributed by atoms with Crippen LogP contribution in [-0.2, 0) is 10.8 Å². The molecule has 0 aliphatic heterocycles. The molecule has 0 bridgehead atoms. The third kappa shape index (κ3) is 4.40. The minimum atomic E-state index is -0.904. The molecular formula is C9H11ClN2O2S. The van der Waals surface area contributed by atoms with E-state index in [0.717, 1.165) is 0 Å². The molecule has 1 N–H and O–H groups in total. The Hall–Kier alpha value is -0.940. The van der Waals surface area contributed by atoms with Crippen molar-refractivity contribution in [3.05, 3.63) is 29.0 Å². The molecule has 6 heteroatoms. The van der Waals surface area contributed by atoms with Crippen molar-refractivity contribution in [2.45, 2.75) is 0 Å². The largest absolute Gasteiger partial charge is 0.350 e. The summed E-state index contributed by atoms with van der Waals surface area (Å²) in [5, 5.41) is 3.07. The van der Waals surface area contributed by atoms with Gasteiger partial charge in [0.25, 0.3) is 5.91 Å². The van der Waals surface area contributed by atoms with Gasteiger partial charge in [0.15, 0.2) is 0 Å². The van der Waals surface area contributed by atoms with Crippen LogP contribution in [0.25, 0.3) is 0 Å². The molecule has 0 saturated heterocycles. The van der Waals surface area contributed by atoms with Crippen LogP contribution in [0.2, 0.25) is 5.02 Å². The SMILES string of the molecule is CS(=O)CCNC(=O)c1cc(Cl)ccn1. The quantitative estimate of drug-likeness (QED) is 0.857. The molecule has 0 radical (unpaired) electrons. The fraction of sp³-hybridized carbons (Fsp3) is 0.333. The van der Waals surface area contributed by atoms with Crippen molar-refractivity contribution < 1.29 is 9.00 Å². The Labute approximate surface area is 95.5 Å². The van der Waals surface area contributed by atoms with Crippen molar-refractivity contribution in [1.29, 1.82) is 0 Å². The predicted molar refractivity (Wildman–Crippen MR) is 60.5 cm³/mol. The number of hydrogen-bond acceptors (Lipinski definition) is 3. The molecule has 4 nitrogen and oxygen atoms in total. The Morgan fingerprint density at radius 2 is 2.40 bits per heavy atom. The van der Waals surface area contributed by atoms with Crippen molar-refractivity contribution >= 4 is 28.3 Å². The maximum Gasteiger partial charge on any atom is 0.269 e. The lowest BCUT2D eigenvalue weighted by Gasteiger charge is -2.03. The number of hydrogen-bond donors (Lipinski definition) is 1. The molecular weight excluding hydrogens is 236 g/mol. The second-order valence-electron chi connectivity index (χ2n) is 2.89. The van der Waals surface area contributed by atoms with Gasteiger partial charge in [-0.25, -0.2) is 0 Å². The Kier molecular flexibility index (Phi) is 4.71. The zero-order valence-corrected chi connectivity index (χ0v) is 9.77. The van der Waals surface area contributed by atoms with Crippen LogP contribution >= 0.6 is 11.6 Å². The third-order valence-electron chi connectivity index (χ3n) is 1.63. The molecule has 0 aliphatic carbocycles. The summed E-state index contributed by atoms with van der Waals surface area (Å²) in [6, 6.07) is 3.08. The van der Waals surface area contributed by atoms with Crippen LogP contribution in [0.1, 0.15) is 10.5 Å². The number of rotatable bonds is 4. The standard InChI is InChI=1S/C9H11ClN2O2S/c1-15(14)5-4-12-9(13)8-6-7(10)2-3-11-8/h2-3,6H,4-5H2,1H3,(H,12,13). The number of nitrogens with one attached hydrogen (secondary N) is 1. The lowest BCUT2D eigenvalue weighted by Crippen LogP contribution is -2.28. The van der Waals surface area contributed by atoms with Gasteiger partial charge in [-0.1, -0.05) is 11.6 Å². The molecule has 0 aliphatic rings. The van der Waals surface area contributed by atoms with E-state index in [-0.39, 0.29) is 11.6 Å². The highest BCUT2D eigenvalue weighted by Gasteiger charge is 2.06. The molecule has 1 aromatic rings. The maximum absolute atomic E-state index is 11.4. The van der Waals surface area contributed by atoms with Gasteiger partial charge in [-0.2, -0.15) is 0 Å². The smallest absolute Gasteiger partial charge is 0.269 e. The second kappa shape index (κ2) is 5.82. The molecule has 1 rings (SSSR count). The van der Waals surface area contributed by atoms with Crippen molar-refractivity contribution in [1.82, 2.24) is 10.3 Å². The average molecular weight is 247 g/mol. The number of halogens is 1. The first-order valence-corrected chi connectivity index (χ1v) is 6.40. The minimum Gasteiger partial charge on any atom is -0.350 e. The summed E-state index contributed by atoms with van der Waals surface area (Å²) >= 11 is 5.70. The van der Waals surface area contributed by atoms with E-state index in [1.165, 1.54) is 12.3 Å². The number of nitrogens with zero attached hydrogens (tertiary/aromatic N) is 1. The third-order valence-corrected chi connectivity index (χ3v) is 2.64. The Morgan fingerprint density at radius 1 is 1.67 bits per heavy atom. The number of carbonyl (C=O) groups is 1. The van der Waals surface area contributed by atoms with Gasteiger partial charge in [0, 0.05) is 40.6 Å². The normalized spacial score (nSPS) is 12.1. The first kappa shape index (κ1) is 12.1.